The predicted molar refractivity (Wildman–Crippen MR) is 93.8 cm³/mol. The molecule has 0 radical (unpaired) electrons. The highest BCUT2D eigenvalue weighted by Crippen LogP contribution is 2.33. The summed E-state index contributed by atoms with van der Waals surface area (Å²) < 4.78 is 2.18. The van der Waals surface area contributed by atoms with Gasteiger partial charge in [-0.05, 0) is 56.1 Å². The summed E-state index contributed by atoms with van der Waals surface area (Å²) in [5.41, 5.74) is 1.89. The van der Waals surface area contributed by atoms with E-state index in [-0.39, 0.29) is 0 Å². The lowest BCUT2D eigenvalue weighted by atomic mass is 10.2. The van der Waals surface area contributed by atoms with Crippen LogP contribution >= 0.6 is 54.8 Å². The minimum Gasteiger partial charge on any atom is -0.378 e. The quantitative estimate of drug-likeness (QED) is 0.542. The maximum atomic E-state index is 6.15. The van der Waals surface area contributed by atoms with Crippen LogP contribution in [0.2, 0.25) is 5.02 Å². The zero-order valence-corrected chi connectivity index (χ0v) is 14.9. The van der Waals surface area contributed by atoms with Crippen LogP contribution in [0.5, 0.6) is 0 Å². The van der Waals surface area contributed by atoms with Crippen LogP contribution in [0.1, 0.15) is 4.88 Å². The van der Waals surface area contributed by atoms with Gasteiger partial charge in [-0.25, -0.2) is 0 Å². The van der Waals surface area contributed by atoms with Gasteiger partial charge in [0.25, 0.3) is 0 Å². The van der Waals surface area contributed by atoms with Crippen molar-refractivity contribution in [2.75, 3.05) is 5.32 Å². The smallest absolute Gasteiger partial charge is 0.0934 e. The summed E-state index contributed by atoms with van der Waals surface area (Å²) in [5, 5.41) is 5.15. The van der Waals surface area contributed by atoms with Crippen LogP contribution in [-0.2, 0) is 6.54 Å². The Morgan fingerprint density at radius 3 is 2.85 bits per heavy atom. The molecule has 0 bridgehead atoms. The van der Waals surface area contributed by atoms with Crippen molar-refractivity contribution < 1.29 is 0 Å². The lowest BCUT2D eigenvalue weighted by Gasteiger charge is -2.08. The number of fused-ring (bicyclic) bond motifs is 1. The van der Waals surface area contributed by atoms with E-state index < -0.39 is 0 Å². The molecule has 0 amide bonds. The van der Waals surface area contributed by atoms with Crippen molar-refractivity contribution in [3.8, 4) is 0 Å². The fraction of sp³-hybridized carbons (Fsp3) is 0.0714. The van der Waals surface area contributed by atoms with E-state index in [1.807, 2.05) is 24.3 Å². The van der Waals surface area contributed by atoms with Crippen molar-refractivity contribution >= 4 is 71.4 Å². The Morgan fingerprint density at radius 1 is 1.25 bits per heavy atom. The van der Waals surface area contributed by atoms with E-state index in [9.17, 15) is 0 Å². The summed E-state index contributed by atoms with van der Waals surface area (Å²) in [5.74, 6) is 0. The van der Waals surface area contributed by atoms with Crippen LogP contribution in [0, 0.1) is 0 Å². The van der Waals surface area contributed by atoms with E-state index in [4.69, 9.17) is 11.6 Å². The first-order chi connectivity index (χ1) is 9.63. The molecule has 102 valence electrons. The molecule has 0 atom stereocenters. The van der Waals surface area contributed by atoms with Gasteiger partial charge in [-0.3, -0.25) is 4.98 Å². The van der Waals surface area contributed by atoms with E-state index in [0.29, 0.717) is 5.02 Å². The molecule has 0 spiro atoms. The van der Waals surface area contributed by atoms with Gasteiger partial charge in [-0.1, -0.05) is 17.7 Å². The Labute approximate surface area is 142 Å². The number of aromatic nitrogens is 1. The summed E-state index contributed by atoms with van der Waals surface area (Å²) in [7, 11) is 0. The Kier molecular flexibility index (Phi) is 4.31. The third-order valence-electron chi connectivity index (χ3n) is 2.82. The molecular formula is C14H9Br2ClN2S. The van der Waals surface area contributed by atoms with Crippen molar-refractivity contribution in [2.45, 2.75) is 6.54 Å². The number of anilines is 1. The molecule has 6 heteroatoms. The van der Waals surface area contributed by atoms with Crippen LogP contribution in [0.4, 0.5) is 5.69 Å². The fourth-order valence-corrected chi connectivity index (χ4v) is 4.29. The molecule has 2 heterocycles. The molecule has 0 saturated carbocycles. The highest BCUT2D eigenvalue weighted by atomic mass is 79.9. The van der Waals surface area contributed by atoms with Gasteiger partial charge < -0.3 is 5.32 Å². The Hall–Kier alpha value is -0.620. The van der Waals surface area contributed by atoms with Crippen LogP contribution in [-0.4, -0.2) is 4.98 Å². The van der Waals surface area contributed by atoms with E-state index in [1.165, 1.54) is 4.88 Å². The van der Waals surface area contributed by atoms with Gasteiger partial charge in [0.15, 0.2) is 0 Å². The first kappa shape index (κ1) is 14.3. The van der Waals surface area contributed by atoms with Crippen LogP contribution in [0.25, 0.3) is 10.9 Å². The molecular weight excluding hydrogens is 423 g/mol. The molecule has 20 heavy (non-hydrogen) atoms. The Morgan fingerprint density at radius 2 is 2.10 bits per heavy atom. The summed E-state index contributed by atoms with van der Waals surface area (Å²) in [6.07, 6.45) is 1.79. The van der Waals surface area contributed by atoms with Crippen LogP contribution in [0.15, 0.2) is 44.8 Å². The summed E-state index contributed by atoms with van der Waals surface area (Å²) >= 11 is 14.9. The molecule has 0 unspecified atom stereocenters. The molecule has 0 aliphatic heterocycles. The minimum absolute atomic E-state index is 0.710. The van der Waals surface area contributed by atoms with Gasteiger partial charge in [0.2, 0.25) is 0 Å². The fourth-order valence-electron chi connectivity index (χ4n) is 1.95. The topological polar surface area (TPSA) is 24.9 Å². The molecule has 1 N–H and O–H groups in total. The summed E-state index contributed by atoms with van der Waals surface area (Å²) in [6, 6.07) is 9.86. The van der Waals surface area contributed by atoms with Gasteiger partial charge in [0.1, 0.15) is 0 Å². The monoisotopic (exact) mass is 430 g/mol. The molecule has 0 aliphatic rings. The molecule has 0 saturated heterocycles. The molecule has 0 fully saturated rings. The van der Waals surface area contributed by atoms with E-state index in [2.05, 4.69) is 48.2 Å². The predicted octanol–water partition coefficient (Wildman–Crippen LogP) is 6.09. The number of halogens is 3. The van der Waals surface area contributed by atoms with Gasteiger partial charge in [0, 0.05) is 32.5 Å². The number of pyridine rings is 1. The van der Waals surface area contributed by atoms with Gasteiger partial charge in [0.05, 0.1) is 15.0 Å². The van der Waals surface area contributed by atoms with E-state index in [0.717, 1.165) is 31.4 Å². The SMILES string of the molecule is Clc1cc(NCc2cc(Br)c(Br)s2)c2ncccc2c1. The lowest BCUT2D eigenvalue weighted by molar-refractivity contribution is 1.19. The standard InChI is InChI=1S/C14H9Br2ClN2S/c15-11-6-10(20-14(11)16)7-19-12-5-9(17)4-8-2-1-3-18-13(8)12/h1-6,19H,7H2. The Bertz CT molecular complexity index is 753. The van der Waals surface area contributed by atoms with E-state index >= 15 is 0 Å². The zero-order chi connectivity index (χ0) is 14.1. The minimum atomic E-state index is 0.710. The van der Waals surface area contributed by atoms with Crippen molar-refractivity contribution in [2.24, 2.45) is 0 Å². The number of rotatable bonds is 3. The normalized spacial score (nSPS) is 10.9. The second-order valence-corrected chi connectivity index (χ2v) is 7.96. The largest absolute Gasteiger partial charge is 0.378 e. The number of nitrogens with one attached hydrogen (secondary N) is 1. The van der Waals surface area contributed by atoms with Crippen molar-refractivity contribution in [3.63, 3.8) is 0 Å². The van der Waals surface area contributed by atoms with Crippen LogP contribution < -0.4 is 5.32 Å². The lowest BCUT2D eigenvalue weighted by Crippen LogP contribution is -1.99. The molecule has 2 aromatic heterocycles. The maximum Gasteiger partial charge on any atom is 0.0934 e. The van der Waals surface area contributed by atoms with Crippen molar-refractivity contribution in [1.82, 2.24) is 4.98 Å². The molecule has 3 rings (SSSR count). The average molecular weight is 433 g/mol. The van der Waals surface area contributed by atoms with Crippen molar-refractivity contribution in [3.05, 3.63) is 54.7 Å². The first-order valence-electron chi connectivity index (χ1n) is 5.85. The Balaban J connectivity index is 1.90. The summed E-state index contributed by atoms with van der Waals surface area (Å²) in [4.78, 5) is 5.65. The highest BCUT2D eigenvalue weighted by molar-refractivity contribution is 9.13. The van der Waals surface area contributed by atoms with E-state index in [1.54, 1.807) is 17.5 Å². The van der Waals surface area contributed by atoms with Crippen molar-refractivity contribution in [1.29, 1.82) is 0 Å². The number of hydrogen-bond donors (Lipinski definition) is 1. The van der Waals surface area contributed by atoms with Gasteiger partial charge in [-0.2, -0.15) is 0 Å². The number of thiophene rings is 1. The first-order valence-corrected chi connectivity index (χ1v) is 8.63. The zero-order valence-electron chi connectivity index (χ0n) is 10.2. The molecule has 0 aliphatic carbocycles. The molecule has 1 aromatic carbocycles. The highest BCUT2D eigenvalue weighted by Gasteiger charge is 2.07. The van der Waals surface area contributed by atoms with Crippen LogP contribution in [0.3, 0.4) is 0 Å². The van der Waals surface area contributed by atoms with Gasteiger partial charge in [-0.15, -0.1) is 11.3 Å². The second-order valence-electron chi connectivity index (χ2n) is 4.22. The average Bonchev–Trinajstić information content (AvgIpc) is 2.75. The maximum absolute atomic E-state index is 6.15. The third-order valence-corrected chi connectivity index (χ3v) is 6.29. The molecule has 3 aromatic rings. The summed E-state index contributed by atoms with van der Waals surface area (Å²) in [6.45, 7) is 0.737. The number of hydrogen-bond acceptors (Lipinski definition) is 3. The number of benzene rings is 1. The molecule has 2 nitrogen and oxygen atoms in total. The third kappa shape index (κ3) is 3.01. The number of nitrogens with zero attached hydrogens (tertiary/aromatic N) is 1. The second kappa shape index (κ2) is 6.02. The van der Waals surface area contributed by atoms with Gasteiger partial charge >= 0.3 is 0 Å².